The number of hydrogen-bond donors (Lipinski definition) is 0. The molecule has 2 aliphatic heterocycles. The van der Waals surface area contributed by atoms with E-state index in [4.69, 9.17) is 13.7 Å². The normalized spacial score (nSPS) is 15.9. The highest BCUT2D eigenvalue weighted by Crippen LogP contribution is 2.44. The minimum Gasteiger partial charge on any atom is -0.311 e. The van der Waals surface area contributed by atoms with Gasteiger partial charge in [-0.25, -0.2) is 0 Å². The first-order chi connectivity index (χ1) is 26.5. The molecule has 0 N–H and O–H groups in total. The Morgan fingerprint density at radius 1 is 0.400 bits per heavy atom. The van der Waals surface area contributed by atoms with E-state index in [9.17, 15) is 0 Å². The van der Waals surface area contributed by atoms with Crippen LogP contribution in [0.4, 0.5) is 34.1 Å². The van der Waals surface area contributed by atoms with E-state index in [-0.39, 0.29) is 42.0 Å². The van der Waals surface area contributed by atoms with E-state index in [0.717, 1.165) is 50.5 Å². The second kappa shape index (κ2) is 10.4. The Morgan fingerprint density at radius 3 is 1.62 bits per heavy atom. The van der Waals surface area contributed by atoms with Gasteiger partial charge in [0.15, 0.2) is 0 Å². The van der Waals surface area contributed by atoms with Crippen LogP contribution in [0.2, 0.25) is 0 Å². The van der Waals surface area contributed by atoms with Crippen molar-refractivity contribution in [2.75, 3.05) is 9.80 Å². The summed E-state index contributed by atoms with van der Waals surface area (Å²) in [7, 11) is 0. The standard InChI is InChI=1S/C42H29BN2/c1-4-13-30(14-5-1)32-23-26-35(27-24-32)45-39-28-25-33(31-15-6-2-7-16-31)29-37(39)43-36-19-10-11-20-38(36)44(34-17-8-3-9-18-34)40-21-12-22-41(45)42(40)43/h1-29H/i1D,2D,4D,5D,6D,7D,13D,14D,15D,16D. The smallest absolute Gasteiger partial charge is 0.252 e. The number of benzene rings is 7. The first-order valence-corrected chi connectivity index (χ1v) is 14.7. The molecule has 0 saturated carbocycles. The molecule has 0 bridgehead atoms. The minimum atomic E-state index is -0.448. The molecule has 45 heavy (non-hydrogen) atoms. The van der Waals surface area contributed by atoms with E-state index in [0.29, 0.717) is 11.1 Å². The van der Waals surface area contributed by atoms with Crippen molar-refractivity contribution < 1.29 is 13.7 Å². The van der Waals surface area contributed by atoms with Gasteiger partial charge in [0.1, 0.15) is 0 Å². The summed E-state index contributed by atoms with van der Waals surface area (Å²) in [5.41, 5.74) is 9.59. The maximum atomic E-state index is 8.79. The minimum absolute atomic E-state index is 0.118. The molecule has 0 fully saturated rings. The molecule has 0 saturated heterocycles. The summed E-state index contributed by atoms with van der Waals surface area (Å²) >= 11 is 0. The Hall–Kier alpha value is -5.80. The molecule has 2 nitrogen and oxygen atoms in total. The molecule has 9 rings (SSSR count). The highest BCUT2D eigenvalue weighted by Gasteiger charge is 2.43. The van der Waals surface area contributed by atoms with Crippen molar-refractivity contribution in [3.63, 3.8) is 0 Å². The molecule has 7 aromatic carbocycles. The van der Waals surface area contributed by atoms with Crippen molar-refractivity contribution >= 4 is 57.2 Å². The summed E-state index contributed by atoms with van der Waals surface area (Å²) in [4.78, 5) is 4.37. The van der Waals surface area contributed by atoms with Gasteiger partial charge in [-0.05, 0) is 87.2 Å². The Bertz CT molecular complexity index is 2680. The Morgan fingerprint density at radius 2 is 0.933 bits per heavy atom. The van der Waals surface area contributed by atoms with Crippen molar-refractivity contribution in [1.29, 1.82) is 0 Å². The van der Waals surface area contributed by atoms with Crippen LogP contribution < -0.4 is 26.2 Å². The zero-order valence-electron chi connectivity index (χ0n) is 33.9. The van der Waals surface area contributed by atoms with E-state index in [1.165, 1.54) is 0 Å². The van der Waals surface area contributed by atoms with Crippen LogP contribution in [0.25, 0.3) is 22.3 Å². The Labute approximate surface area is 278 Å². The number of fused-ring (bicyclic) bond motifs is 4. The van der Waals surface area contributed by atoms with Crippen molar-refractivity contribution in [1.82, 2.24) is 0 Å². The van der Waals surface area contributed by atoms with Crippen LogP contribution in [0.3, 0.4) is 0 Å². The quantitative estimate of drug-likeness (QED) is 0.191. The van der Waals surface area contributed by atoms with Gasteiger partial charge >= 0.3 is 0 Å². The molecule has 0 aliphatic carbocycles. The summed E-state index contributed by atoms with van der Waals surface area (Å²) in [5.74, 6) is 0. The summed E-state index contributed by atoms with van der Waals surface area (Å²) in [5, 5.41) is 0. The van der Waals surface area contributed by atoms with Crippen LogP contribution >= 0.6 is 0 Å². The zero-order valence-corrected chi connectivity index (χ0v) is 23.9. The average molecular weight is 583 g/mol. The van der Waals surface area contributed by atoms with Crippen molar-refractivity contribution in [2.45, 2.75) is 0 Å². The van der Waals surface area contributed by atoms with Gasteiger partial charge in [-0.2, -0.15) is 0 Å². The average Bonchev–Trinajstić information content (AvgIpc) is 3.21. The molecular formula is C42H29BN2. The zero-order chi connectivity index (χ0) is 38.4. The molecule has 0 aromatic heterocycles. The molecule has 0 spiro atoms. The molecule has 0 radical (unpaired) electrons. The second-order valence-electron chi connectivity index (χ2n) is 11.0. The number of para-hydroxylation sites is 2. The lowest BCUT2D eigenvalue weighted by atomic mass is 9.33. The third kappa shape index (κ3) is 4.12. The monoisotopic (exact) mass is 582 g/mol. The predicted molar refractivity (Wildman–Crippen MR) is 191 cm³/mol. The number of hydrogen-bond acceptors (Lipinski definition) is 2. The van der Waals surface area contributed by atoms with Crippen molar-refractivity contribution in [3.8, 4) is 22.3 Å². The topological polar surface area (TPSA) is 6.48 Å². The predicted octanol–water partition coefficient (Wildman–Crippen LogP) is 9.10. The van der Waals surface area contributed by atoms with Gasteiger partial charge in [-0.3, -0.25) is 0 Å². The van der Waals surface area contributed by atoms with Crippen LogP contribution in [-0.2, 0) is 0 Å². The summed E-state index contributed by atoms with van der Waals surface area (Å²) in [6.45, 7) is -0.288. The highest BCUT2D eigenvalue weighted by molar-refractivity contribution is 7.00. The third-order valence-electron chi connectivity index (χ3n) is 8.62. The van der Waals surface area contributed by atoms with Gasteiger partial charge in [-0.15, -0.1) is 0 Å². The molecule has 210 valence electrons. The van der Waals surface area contributed by atoms with Gasteiger partial charge in [0.2, 0.25) is 0 Å². The SMILES string of the molecule is [2H]c1c([2H])c([2H])c(-c2ccc(N3c4ccc(-c5c([2H])c([2H])c([2H])c([2H])c5[2H])cc4B4c5ccccc5N(c5ccccc5)c5cccc3c54)cc2)c([2H])c1[2H]. The van der Waals surface area contributed by atoms with Gasteiger partial charge in [0.05, 0.1) is 13.7 Å². The van der Waals surface area contributed by atoms with E-state index in [1.807, 2.05) is 60.7 Å². The maximum absolute atomic E-state index is 8.79. The summed E-state index contributed by atoms with van der Waals surface area (Å²) < 4.78 is 84.1. The third-order valence-corrected chi connectivity index (χ3v) is 8.62. The van der Waals surface area contributed by atoms with Gasteiger partial charge < -0.3 is 9.80 Å². The van der Waals surface area contributed by atoms with Crippen molar-refractivity contribution in [2.24, 2.45) is 0 Å². The Kier molecular flexibility index (Phi) is 4.05. The van der Waals surface area contributed by atoms with E-state index in [1.54, 1.807) is 18.2 Å². The van der Waals surface area contributed by atoms with Gasteiger partial charge in [0.25, 0.3) is 6.71 Å². The lowest BCUT2D eigenvalue weighted by Crippen LogP contribution is -2.61. The fourth-order valence-electron chi connectivity index (χ4n) is 6.74. The summed E-state index contributed by atoms with van der Waals surface area (Å²) in [6, 6.07) is 33.9. The van der Waals surface area contributed by atoms with E-state index < -0.39 is 36.3 Å². The van der Waals surface area contributed by atoms with Crippen LogP contribution in [0.1, 0.15) is 13.7 Å². The van der Waals surface area contributed by atoms with Crippen LogP contribution in [0.15, 0.2) is 176 Å². The van der Waals surface area contributed by atoms with E-state index in [2.05, 4.69) is 46.2 Å². The molecule has 0 unspecified atom stereocenters. The summed E-state index contributed by atoms with van der Waals surface area (Å²) in [6.07, 6.45) is 0. The first-order valence-electron chi connectivity index (χ1n) is 19.7. The van der Waals surface area contributed by atoms with E-state index >= 15 is 0 Å². The molecule has 2 aliphatic rings. The first kappa shape index (κ1) is 17.5. The molecule has 7 aromatic rings. The lowest BCUT2D eigenvalue weighted by Gasteiger charge is -2.44. The van der Waals surface area contributed by atoms with Crippen LogP contribution in [0.5, 0.6) is 0 Å². The number of rotatable bonds is 4. The molecule has 0 amide bonds. The molecule has 3 heteroatoms. The Balaban J connectivity index is 1.31. The van der Waals surface area contributed by atoms with Crippen LogP contribution in [0, 0.1) is 0 Å². The molecule has 2 heterocycles. The largest absolute Gasteiger partial charge is 0.311 e. The highest BCUT2D eigenvalue weighted by atomic mass is 15.2. The van der Waals surface area contributed by atoms with Crippen LogP contribution in [-0.4, -0.2) is 6.71 Å². The second-order valence-corrected chi connectivity index (χ2v) is 11.0. The lowest BCUT2D eigenvalue weighted by molar-refractivity contribution is 1.25. The fraction of sp³-hybridized carbons (Fsp3) is 0. The van der Waals surface area contributed by atoms with Gasteiger partial charge in [0, 0.05) is 34.1 Å². The number of anilines is 6. The molecule has 0 atom stereocenters. The molecular weight excluding hydrogens is 543 g/mol. The van der Waals surface area contributed by atoms with Gasteiger partial charge in [-0.1, -0.05) is 127 Å². The fourth-order valence-corrected chi connectivity index (χ4v) is 6.74. The maximum Gasteiger partial charge on any atom is 0.252 e. The number of nitrogens with zero attached hydrogens (tertiary/aromatic N) is 2. The van der Waals surface area contributed by atoms with Crippen molar-refractivity contribution in [3.05, 3.63) is 176 Å².